The fraction of sp³-hybridized carbons (Fsp3) is 0. The van der Waals surface area contributed by atoms with Gasteiger partial charge in [-0.05, 0) is 12.1 Å². The highest BCUT2D eigenvalue weighted by atomic mass is 14.9. The number of nitrogens with zero attached hydrogens (tertiary/aromatic N) is 6. The van der Waals surface area contributed by atoms with Crippen LogP contribution in [0.3, 0.4) is 0 Å². The molecule has 0 bridgehead atoms. The first-order valence-electron chi connectivity index (χ1n) is 6.71. The molecule has 0 atom stereocenters. The molecule has 4 aromatic heterocycles. The van der Waals surface area contributed by atoms with E-state index in [0.29, 0.717) is 11.3 Å². The zero-order chi connectivity index (χ0) is 14.8. The van der Waals surface area contributed by atoms with Crippen molar-refractivity contribution in [3.8, 4) is 0 Å². The molecule has 0 aromatic carbocycles. The lowest BCUT2D eigenvalue weighted by molar-refractivity contribution is 1.22. The molecule has 0 radical (unpaired) electrons. The van der Waals surface area contributed by atoms with E-state index in [1.54, 1.807) is 37.2 Å². The van der Waals surface area contributed by atoms with Gasteiger partial charge in [0.2, 0.25) is 0 Å². The zero-order valence-electron chi connectivity index (χ0n) is 11.5. The summed E-state index contributed by atoms with van der Waals surface area (Å²) in [7, 11) is 0. The molecule has 4 aromatic rings. The van der Waals surface area contributed by atoms with Crippen LogP contribution in [0.5, 0.6) is 0 Å². The minimum Gasteiger partial charge on any atom is -0.251 e. The Balaban J connectivity index is 1.83. The first kappa shape index (κ1) is 12.5. The molecule has 4 heterocycles. The second-order valence-electron chi connectivity index (χ2n) is 4.59. The topological polar surface area (TPSA) is 77.3 Å². The second-order valence-corrected chi connectivity index (χ2v) is 4.59. The number of fused-ring (bicyclic) bond motifs is 2. The summed E-state index contributed by atoms with van der Waals surface area (Å²) in [6.45, 7) is 0. The molecular weight excluding hydrogens is 276 g/mol. The van der Waals surface area contributed by atoms with E-state index in [9.17, 15) is 0 Å². The molecule has 0 aliphatic rings. The molecule has 4 rings (SSSR count). The maximum Gasteiger partial charge on any atom is 0.178 e. The van der Waals surface area contributed by atoms with Crippen molar-refractivity contribution in [3.63, 3.8) is 0 Å². The highest BCUT2D eigenvalue weighted by Crippen LogP contribution is 2.17. The fourth-order valence-corrected chi connectivity index (χ4v) is 2.24. The van der Waals surface area contributed by atoms with Crippen molar-refractivity contribution in [2.24, 2.45) is 0 Å². The van der Waals surface area contributed by atoms with Gasteiger partial charge < -0.3 is 0 Å². The summed E-state index contributed by atoms with van der Waals surface area (Å²) in [4.78, 5) is 25.5. The lowest BCUT2D eigenvalue weighted by Crippen LogP contribution is -1.90. The minimum atomic E-state index is 0.629. The Bertz CT molecular complexity index is 904. The van der Waals surface area contributed by atoms with Crippen molar-refractivity contribution in [1.29, 1.82) is 0 Å². The van der Waals surface area contributed by atoms with Crippen molar-refractivity contribution in [3.05, 3.63) is 60.4 Å². The van der Waals surface area contributed by atoms with E-state index in [1.807, 2.05) is 24.3 Å². The highest BCUT2D eigenvalue weighted by Gasteiger charge is 2.03. The summed E-state index contributed by atoms with van der Waals surface area (Å²) in [5, 5.41) is 0. The van der Waals surface area contributed by atoms with Crippen LogP contribution in [0, 0.1) is 0 Å². The van der Waals surface area contributed by atoms with Gasteiger partial charge in [0.1, 0.15) is 11.0 Å². The van der Waals surface area contributed by atoms with Gasteiger partial charge in [0.15, 0.2) is 11.3 Å². The number of aromatic nitrogens is 6. The average molecular weight is 286 g/mol. The summed E-state index contributed by atoms with van der Waals surface area (Å²) >= 11 is 0. The van der Waals surface area contributed by atoms with Crippen LogP contribution in [0.25, 0.3) is 34.5 Å². The predicted octanol–water partition coefficient (Wildman–Crippen LogP) is 2.53. The lowest BCUT2D eigenvalue weighted by atomic mass is 10.1. The van der Waals surface area contributed by atoms with Gasteiger partial charge in [0, 0.05) is 48.3 Å². The van der Waals surface area contributed by atoms with Gasteiger partial charge in [-0.2, -0.15) is 0 Å². The third-order valence-electron chi connectivity index (χ3n) is 3.25. The van der Waals surface area contributed by atoms with Crippen molar-refractivity contribution in [2.75, 3.05) is 0 Å². The monoisotopic (exact) mass is 286 g/mol. The van der Waals surface area contributed by atoms with Gasteiger partial charge in [0.25, 0.3) is 0 Å². The SMILES string of the molecule is C(=C\c1ccnc2nccnc12)/c1ccnc2nccnc12. The van der Waals surface area contributed by atoms with E-state index < -0.39 is 0 Å². The summed E-state index contributed by atoms with van der Waals surface area (Å²) in [5.74, 6) is 0. The van der Waals surface area contributed by atoms with Gasteiger partial charge in [-0.3, -0.25) is 9.97 Å². The largest absolute Gasteiger partial charge is 0.251 e. The predicted molar refractivity (Wildman–Crippen MR) is 83.6 cm³/mol. The molecule has 0 amide bonds. The van der Waals surface area contributed by atoms with Crippen molar-refractivity contribution in [2.45, 2.75) is 0 Å². The number of hydrogen-bond donors (Lipinski definition) is 0. The standard InChI is InChI=1S/C16H10N6/c1(11-3-5-19-15-13(11)17-7-9-21-15)2-12-4-6-20-16-14(12)18-8-10-22-16/h1-10H/b2-1+. The Morgan fingerprint density at radius 3 is 1.41 bits per heavy atom. The van der Waals surface area contributed by atoms with Gasteiger partial charge in [0.05, 0.1) is 0 Å². The summed E-state index contributed by atoms with van der Waals surface area (Å²) in [5.41, 5.74) is 4.70. The molecule has 6 nitrogen and oxygen atoms in total. The van der Waals surface area contributed by atoms with Crippen LogP contribution in [-0.4, -0.2) is 29.9 Å². The van der Waals surface area contributed by atoms with E-state index in [-0.39, 0.29) is 0 Å². The Hall–Kier alpha value is -3.28. The van der Waals surface area contributed by atoms with Crippen LogP contribution in [-0.2, 0) is 0 Å². The van der Waals surface area contributed by atoms with E-state index in [4.69, 9.17) is 0 Å². The average Bonchev–Trinajstić information content (AvgIpc) is 2.60. The van der Waals surface area contributed by atoms with Gasteiger partial charge in [-0.25, -0.2) is 19.9 Å². The first-order valence-corrected chi connectivity index (χ1v) is 6.71. The number of hydrogen-bond acceptors (Lipinski definition) is 6. The van der Waals surface area contributed by atoms with Crippen molar-refractivity contribution >= 4 is 34.5 Å². The van der Waals surface area contributed by atoms with Crippen LogP contribution in [0.1, 0.15) is 11.1 Å². The van der Waals surface area contributed by atoms with E-state index in [2.05, 4.69) is 29.9 Å². The third-order valence-corrected chi connectivity index (χ3v) is 3.25. The molecule has 0 aliphatic carbocycles. The van der Waals surface area contributed by atoms with Crippen LogP contribution < -0.4 is 0 Å². The molecule has 0 saturated carbocycles. The summed E-state index contributed by atoms with van der Waals surface area (Å²) in [6.07, 6.45) is 14.0. The maximum absolute atomic E-state index is 4.34. The molecule has 0 fully saturated rings. The maximum atomic E-state index is 4.34. The Morgan fingerprint density at radius 2 is 0.909 bits per heavy atom. The van der Waals surface area contributed by atoms with Gasteiger partial charge in [-0.1, -0.05) is 12.2 Å². The number of pyridine rings is 2. The third kappa shape index (κ3) is 2.16. The highest BCUT2D eigenvalue weighted by molar-refractivity contribution is 5.89. The smallest absolute Gasteiger partial charge is 0.178 e. The van der Waals surface area contributed by atoms with Crippen LogP contribution >= 0.6 is 0 Å². The first-order chi connectivity index (χ1) is 10.9. The molecule has 6 heteroatoms. The molecule has 0 unspecified atom stereocenters. The van der Waals surface area contributed by atoms with E-state index in [1.165, 1.54) is 0 Å². The van der Waals surface area contributed by atoms with Gasteiger partial charge >= 0.3 is 0 Å². The molecular formula is C16H10N6. The summed E-state index contributed by atoms with van der Waals surface area (Å²) < 4.78 is 0. The fourth-order valence-electron chi connectivity index (χ4n) is 2.24. The molecule has 0 saturated heterocycles. The second kappa shape index (κ2) is 5.25. The minimum absolute atomic E-state index is 0.629. The zero-order valence-corrected chi connectivity index (χ0v) is 11.5. The van der Waals surface area contributed by atoms with Gasteiger partial charge in [-0.15, -0.1) is 0 Å². The summed E-state index contributed by atoms with van der Waals surface area (Å²) in [6, 6.07) is 3.81. The molecule has 0 aliphatic heterocycles. The Labute approximate surface area is 125 Å². The van der Waals surface area contributed by atoms with Crippen molar-refractivity contribution < 1.29 is 0 Å². The van der Waals surface area contributed by atoms with Crippen LogP contribution in [0.2, 0.25) is 0 Å². The van der Waals surface area contributed by atoms with Crippen molar-refractivity contribution in [1.82, 2.24) is 29.9 Å². The lowest BCUT2D eigenvalue weighted by Gasteiger charge is -2.01. The molecule has 0 N–H and O–H groups in total. The Kier molecular flexibility index (Phi) is 2.97. The van der Waals surface area contributed by atoms with Crippen LogP contribution in [0.4, 0.5) is 0 Å². The number of rotatable bonds is 2. The van der Waals surface area contributed by atoms with E-state index >= 15 is 0 Å². The van der Waals surface area contributed by atoms with Crippen LogP contribution in [0.15, 0.2) is 49.3 Å². The normalized spacial score (nSPS) is 11.5. The molecule has 0 spiro atoms. The van der Waals surface area contributed by atoms with E-state index in [0.717, 1.165) is 22.2 Å². The molecule has 104 valence electrons. The Morgan fingerprint density at radius 1 is 0.500 bits per heavy atom. The molecule has 22 heavy (non-hydrogen) atoms. The quantitative estimate of drug-likeness (QED) is 0.563.